The zero-order chi connectivity index (χ0) is 15.4. The Labute approximate surface area is 135 Å². The molecule has 124 valence electrons. The van der Waals surface area contributed by atoms with Gasteiger partial charge < -0.3 is 14.0 Å². The number of nitrogens with zero attached hydrogens (tertiary/aromatic N) is 2. The predicted molar refractivity (Wildman–Crippen MR) is 87.7 cm³/mol. The van der Waals surface area contributed by atoms with Gasteiger partial charge in [0, 0.05) is 50.5 Å². The third-order valence-corrected chi connectivity index (χ3v) is 5.47. The van der Waals surface area contributed by atoms with Crippen molar-refractivity contribution < 1.29 is 9.47 Å². The molecule has 2 unspecified atom stereocenters. The summed E-state index contributed by atoms with van der Waals surface area (Å²) in [6.07, 6.45) is 5.34. The van der Waals surface area contributed by atoms with E-state index in [1.165, 1.54) is 24.2 Å². The fourth-order valence-electron chi connectivity index (χ4n) is 3.33. The van der Waals surface area contributed by atoms with Gasteiger partial charge >= 0.3 is 4.87 Å². The van der Waals surface area contributed by atoms with E-state index in [-0.39, 0.29) is 4.87 Å². The molecule has 0 bridgehead atoms. The molecule has 2 fully saturated rings. The summed E-state index contributed by atoms with van der Waals surface area (Å²) in [4.78, 5) is 14.4. The molecule has 0 aromatic carbocycles. The summed E-state index contributed by atoms with van der Waals surface area (Å²) in [5.74, 6) is 0. The van der Waals surface area contributed by atoms with Crippen molar-refractivity contribution in [3.63, 3.8) is 0 Å². The van der Waals surface area contributed by atoms with E-state index in [4.69, 9.17) is 9.47 Å². The Hall–Kier alpha value is -0.690. The van der Waals surface area contributed by atoms with Crippen molar-refractivity contribution in [3.8, 4) is 0 Å². The van der Waals surface area contributed by atoms with Gasteiger partial charge in [-0.25, -0.2) is 0 Å². The zero-order valence-corrected chi connectivity index (χ0v) is 14.1. The van der Waals surface area contributed by atoms with E-state index in [0.717, 1.165) is 57.9 Å². The second-order valence-corrected chi connectivity index (χ2v) is 7.14. The average Bonchev–Trinajstić information content (AvgIpc) is 3.22. The first-order valence-corrected chi connectivity index (χ1v) is 9.21. The fraction of sp³-hybridized carbons (Fsp3) is 0.812. The van der Waals surface area contributed by atoms with Crippen molar-refractivity contribution in [2.45, 2.75) is 51.4 Å². The number of hydrogen-bond acceptors (Lipinski definition) is 5. The Bertz CT molecular complexity index is 498. The quantitative estimate of drug-likeness (QED) is 0.767. The first-order valence-electron chi connectivity index (χ1n) is 8.33. The van der Waals surface area contributed by atoms with Gasteiger partial charge in [-0.3, -0.25) is 9.69 Å². The Morgan fingerprint density at radius 2 is 1.86 bits per heavy atom. The summed E-state index contributed by atoms with van der Waals surface area (Å²) >= 11 is 1.29. The smallest absolute Gasteiger partial charge is 0.307 e. The molecule has 3 heterocycles. The van der Waals surface area contributed by atoms with Crippen molar-refractivity contribution in [2.75, 3.05) is 32.8 Å². The lowest BCUT2D eigenvalue weighted by atomic mass is 10.2. The van der Waals surface area contributed by atoms with Crippen molar-refractivity contribution in [2.24, 2.45) is 0 Å². The summed E-state index contributed by atoms with van der Waals surface area (Å²) in [5.41, 5.74) is 1.06. The number of thiazole rings is 1. The summed E-state index contributed by atoms with van der Waals surface area (Å²) in [7, 11) is 0. The van der Waals surface area contributed by atoms with Crippen LogP contribution in [0.25, 0.3) is 0 Å². The fourth-order valence-corrected chi connectivity index (χ4v) is 4.09. The minimum absolute atomic E-state index is 0.145. The van der Waals surface area contributed by atoms with Gasteiger partial charge in [-0.2, -0.15) is 0 Å². The summed E-state index contributed by atoms with van der Waals surface area (Å²) in [6.45, 7) is 7.34. The molecular weight excluding hydrogens is 300 g/mol. The van der Waals surface area contributed by atoms with Crippen molar-refractivity contribution in [1.82, 2.24) is 9.47 Å². The van der Waals surface area contributed by atoms with Crippen LogP contribution in [-0.4, -0.2) is 54.5 Å². The summed E-state index contributed by atoms with van der Waals surface area (Å²) < 4.78 is 13.4. The Morgan fingerprint density at radius 3 is 2.32 bits per heavy atom. The highest BCUT2D eigenvalue weighted by atomic mass is 32.1. The minimum Gasteiger partial charge on any atom is -0.377 e. The maximum atomic E-state index is 11.9. The van der Waals surface area contributed by atoms with E-state index in [2.05, 4.69) is 4.90 Å². The number of aromatic nitrogens is 1. The minimum atomic E-state index is 0.145. The van der Waals surface area contributed by atoms with Crippen molar-refractivity contribution in [1.29, 1.82) is 0 Å². The molecule has 1 aromatic rings. The molecule has 2 saturated heterocycles. The number of rotatable bonds is 7. The van der Waals surface area contributed by atoms with Crippen LogP contribution in [0.3, 0.4) is 0 Å². The molecule has 0 amide bonds. The van der Waals surface area contributed by atoms with Crippen LogP contribution < -0.4 is 4.87 Å². The van der Waals surface area contributed by atoms with Crippen LogP contribution >= 0.6 is 11.3 Å². The molecule has 3 rings (SSSR count). The molecule has 0 N–H and O–H groups in total. The third kappa shape index (κ3) is 4.19. The van der Waals surface area contributed by atoms with E-state index in [0.29, 0.717) is 12.2 Å². The van der Waals surface area contributed by atoms with Crippen LogP contribution in [0, 0.1) is 6.92 Å². The first kappa shape index (κ1) is 16.2. The highest BCUT2D eigenvalue weighted by Gasteiger charge is 2.23. The van der Waals surface area contributed by atoms with Crippen LogP contribution in [0.2, 0.25) is 0 Å². The lowest BCUT2D eigenvalue weighted by Gasteiger charge is -2.27. The van der Waals surface area contributed by atoms with Gasteiger partial charge in [0.05, 0.1) is 12.2 Å². The van der Waals surface area contributed by atoms with Gasteiger partial charge in [-0.05, 0) is 32.6 Å². The highest BCUT2D eigenvalue weighted by molar-refractivity contribution is 7.07. The topological polar surface area (TPSA) is 43.7 Å². The largest absolute Gasteiger partial charge is 0.377 e. The maximum Gasteiger partial charge on any atom is 0.307 e. The molecule has 0 spiro atoms. The normalized spacial score (nSPS) is 25.4. The molecule has 5 nitrogen and oxygen atoms in total. The lowest BCUT2D eigenvalue weighted by Crippen LogP contribution is -2.40. The predicted octanol–water partition coefficient (Wildman–Crippen LogP) is 1.88. The Balaban J connectivity index is 1.57. The van der Waals surface area contributed by atoms with Gasteiger partial charge in [0.15, 0.2) is 0 Å². The SMILES string of the molecule is Cc1csc(=O)n1CCN(CC1CCCO1)CC1CCCO1. The average molecular weight is 326 g/mol. The second-order valence-electron chi connectivity index (χ2n) is 6.32. The Kier molecular flexibility index (Phi) is 5.68. The van der Waals surface area contributed by atoms with Gasteiger partial charge in [-0.15, -0.1) is 0 Å². The van der Waals surface area contributed by atoms with Crippen LogP contribution in [-0.2, 0) is 16.0 Å². The third-order valence-electron chi connectivity index (χ3n) is 4.59. The van der Waals surface area contributed by atoms with E-state index in [9.17, 15) is 4.79 Å². The van der Waals surface area contributed by atoms with Crippen LogP contribution in [0.15, 0.2) is 10.2 Å². The van der Waals surface area contributed by atoms with E-state index < -0.39 is 0 Å². The van der Waals surface area contributed by atoms with Gasteiger partial charge in [0.1, 0.15) is 0 Å². The monoisotopic (exact) mass is 326 g/mol. The molecule has 0 aliphatic carbocycles. The molecule has 2 atom stereocenters. The van der Waals surface area contributed by atoms with Crippen LogP contribution in [0.4, 0.5) is 0 Å². The summed E-state index contributed by atoms with van der Waals surface area (Å²) in [5, 5.41) is 1.94. The molecule has 2 aliphatic rings. The van der Waals surface area contributed by atoms with E-state index >= 15 is 0 Å². The number of aryl methyl sites for hydroxylation is 1. The van der Waals surface area contributed by atoms with Gasteiger partial charge in [0.25, 0.3) is 0 Å². The number of hydrogen-bond donors (Lipinski definition) is 0. The molecule has 0 radical (unpaired) electrons. The molecule has 2 aliphatic heterocycles. The molecule has 22 heavy (non-hydrogen) atoms. The van der Waals surface area contributed by atoms with Crippen molar-refractivity contribution >= 4 is 11.3 Å². The second kappa shape index (κ2) is 7.73. The molecule has 1 aromatic heterocycles. The maximum absolute atomic E-state index is 11.9. The zero-order valence-electron chi connectivity index (χ0n) is 13.3. The number of ether oxygens (including phenoxy) is 2. The highest BCUT2D eigenvalue weighted by Crippen LogP contribution is 2.17. The standard InChI is InChI=1S/C16H26N2O3S/c1-13-12-22-16(19)18(13)7-6-17(10-14-4-2-8-20-14)11-15-5-3-9-21-15/h12,14-15H,2-11H2,1H3. The molecular formula is C16H26N2O3S. The molecule has 0 saturated carbocycles. The van der Waals surface area contributed by atoms with E-state index in [1.54, 1.807) is 0 Å². The van der Waals surface area contributed by atoms with Crippen LogP contribution in [0.5, 0.6) is 0 Å². The van der Waals surface area contributed by atoms with E-state index in [1.807, 2.05) is 16.9 Å². The van der Waals surface area contributed by atoms with Crippen molar-refractivity contribution in [3.05, 3.63) is 20.7 Å². The van der Waals surface area contributed by atoms with Crippen LogP contribution in [0.1, 0.15) is 31.4 Å². The molecule has 6 heteroatoms. The Morgan fingerprint density at radius 1 is 1.23 bits per heavy atom. The first-order chi connectivity index (χ1) is 10.7. The summed E-state index contributed by atoms with van der Waals surface area (Å²) in [6, 6.07) is 0. The van der Waals surface area contributed by atoms with Gasteiger partial charge in [0.2, 0.25) is 0 Å². The van der Waals surface area contributed by atoms with Gasteiger partial charge in [-0.1, -0.05) is 11.3 Å². The lowest BCUT2D eigenvalue weighted by molar-refractivity contribution is 0.0363.